The van der Waals surface area contributed by atoms with Crippen molar-refractivity contribution in [3.05, 3.63) is 70.8 Å². The number of rotatable bonds is 5. The number of imide groups is 1. The molecule has 0 bridgehead atoms. The van der Waals surface area contributed by atoms with Gasteiger partial charge in [0.1, 0.15) is 6.54 Å². The number of thioether (sulfide) groups is 1. The highest BCUT2D eigenvalue weighted by Crippen LogP contribution is 2.37. The van der Waals surface area contributed by atoms with Gasteiger partial charge in [-0.15, -0.1) is 0 Å². The second-order valence-electron chi connectivity index (χ2n) is 6.70. The lowest BCUT2D eigenvalue weighted by atomic mass is 10.1. The van der Waals surface area contributed by atoms with Gasteiger partial charge in [-0.1, -0.05) is 43.3 Å². The van der Waals surface area contributed by atoms with Crippen molar-refractivity contribution in [2.75, 3.05) is 4.90 Å². The molecule has 1 aromatic heterocycles. The van der Waals surface area contributed by atoms with E-state index in [1.807, 2.05) is 42.0 Å². The number of anilines is 1. The topological polar surface area (TPSA) is 85.4 Å². The molecular formula is C22H19N3O3S. The van der Waals surface area contributed by atoms with Gasteiger partial charge in [0.25, 0.3) is 11.1 Å². The van der Waals surface area contributed by atoms with Gasteiger partial charge < -0.3 is 10.3 Å². The molecule has 146 valence electrons. The minimum absolute atomic E-state index is 0.0485. The second-order valence-corrected chi connectivity index (χ2v) is 7.69. The molecule has 1 aliphatic heterocycles. The maximum absolute atomic E-state index is 12.9. The van der Waals surface area contributed by atoms with E-state index in [0.29, 0.717) is 10.6 Å². The Morgan fingerprint density at radius 2 is 1.86 bits per heavy atom. The van der Waals surface area contributed by atoms with Gasteiger partial charge in [0.15, 0.2) is 0 Å². The quantitative estimate of drug-likeness (QED) is 0.652. The van der Waals surface area contributed by atoms with E-state index in [1.165, 1.54) is 4.90 Å². The summed E-state index contributed by atoms with van der Waals surface area (Å²) >= 11 is 0.911. The smallest absolute Gasteiger partial charge is 0.298 e. The SMILES string of the molecule is CCc1cccc2c(/C=C3\SC(=O)N(c4ccccc4)C3=O)cn(CC(N)=O)c12. The van der Waals surface area contributed by atoms with Crippen molar-refractivity contribution in [3.63, 3.8) is 0 Å². The van der Waals surface area contributed by atoms with E-state index in [9.17, 15) is 14.4 Å². The summed E-state index contributed by atoms with van der Waals surface area (Å²) in [7, 11) is 0. The lowest BCUT2D eigenvalue weighted by Crippen LogP contribution is -2.27. The Morgan fingerprint density at radius 3 is 2.55 bits per heavy atom. The van der Waals surface area contributed by atoms with Gasteiger partial charge in [-0.2, -0.15) is 0 Å². The Kier molecular flexibility index (Phi) is 4.98. The number of amides is 3. The minimum atomic E-state index is -0.441. The highest BCUT2D eigenvalue weighted by molar-refractivity contribution is 8.19. The third-order valence-electron chi connectivity index (χ3n) is 4.81. The molecule has 6 nitrogen and oxygen atoms in total. The van der Waals surface area contributed by atoms with Crippen LogP contribution in [0.2, 0.25) is 0 Å². The number of aryl methyl sites for hydroxylation is 1. The van der Waals surface area contributed by atoms with Crippen LogP contribution in [0.3, 0.4) is 0 Å². The number of carbonyl (C=O) groups excluding carboxylic acids is 3. The van der Waals surface area contributed by atoms with Crippen LogP contribution in [-0.2, 0) is 22.6 Å². The van der Waals surface area contributed by atoms with E-state index in [2.05, 4.69) is 0 Å². The number of hydrogen-bond acceptors (Lipinski definition) is 4. The highest BCUT2D eigenvalue weighted by atomic mass is 32.2. The highest BCUT2D eigenvalue weighted by Gasteiger charge is 2.36. The van der Waals surface area contributed by atoms with Crippen LogP contribution in [0, 0.1) is 0 Å². The molecule has 3 amide bonds. The van der Waals surface area contributed by atoms with Crippen molar-refractivity contribution in [2.45, 2.75) is 19.9 Å². The van der Waals surface area contributed by atoms with Gasteiger partial charge >= 0.3 is 0 Å². The average Bonchev–Trinajstić information content (AvgIpc) is 3.19. The minimum Gasteiger partial charge on any atom is -0.368 e. The van der Waals surface area contributed by atoms with Crippen LogP contribution in [0.4, 0.5) is 10.5 Å². The van der Waals surface area contributed by atoms with Gasteiger partial charge in [-0.3, -0.25) is 14.4 Å². The molecule has 0 aliphatic carbocycles. The van der Waals surface area contributed by atoms with E-state index >= 15 is 0 Å². The number of para-hydroxylation sites is 2. The molecule has 0 unspecified atom stereocenters. The number of nitrogens with two attached hydrogens (primary N) is 1. The summed E-state index contributed by atoms with van der Waals surface area (Å²) in [5, 5.41) is 0.583. The van der Waals surface area contributed by atoms with Crippen LogP contribution in [0.15, 0.2) is 59.6 Å². The lowest BCUT2D eigenvalue weighted by molar-refractivity contribution is -0.118. The summed E-state index contributed by atoms with van der Waals surface area (Å²) in [6.07, 6.45) is 4.32. The summed E-state index contributed by atoms with van der Waals surface area (Å²) in [6.45, 7) is 2.09. The van der Waals surface area contributed by atoms with Crippen molar-refractivity contribution in [2.24, 2.45) is 5.73 Å². The number of fused-ring (bicyclic) bond motifs is 1. The van der Waals surface area contributed by atoms with Crippen molar-refractivity contribution >= 4 is 51.5 Å². The molecule has 7 heteroatoms. The van der Waals surface area contributed by atoms with Gasteiger partial charge in [0.2, 0.25) is 5.91 Å². The van der Waals surface area contributed by atoms with E-state index in [1.54, 1.807) is 30.3 Å². The first-order chi connectivity index (χ1) is 14.0. The third-order valence-corrected chi connectivity index (χ3v) is 5.68. The van der Waals surface area contributed by atoms with Gasteiger partial charge in [0, 0.05) is 17.1 Å². The maximum Gasteiger partial charge on any atom is 0.298 e. The number of hydrogen-bond donors (Lipinski definition) is 1. The number of primary amides is 1. The molecule has 2 N–H and O–H groups in total. The first-order valence-corrected chi connectivity index (χ1v) is 10.0. The van der Waals surface area contributed by atoms with E-state index in [4.69, 9.17) is 5.73 Å². The van der Waals surface area contributed by atoms with Gasteiger partial charge in [0.05, 0.1) is 16.1 Å². The predicted octanol–water partition coefficient (Wildman–Crippen LogP) is 3.93. The zero-order valence-electron chi connectivity index (χ0n) is 15.8. The zero-order valence-corrected chi connectivity index (χ0v) is 16.6. The molecule has 0 saturated carbocycles. The van der Waals surface area contributed by atoms with Crippen LogP contribution < -0.4 is 10.6 Å². The standard InChI is InChI=1S/C22H19N3O3S/c1-2-14-7-6-10-17-15(12-24(20(14)17)13-19(23)26)11-18-21(27)25(22(28)29-18)16-8-4-3-5-9-16/h3-12H,2,13H2,1H3,(H2,23,26)/b18-11-. The largest absolute Gasteiger partial charge is 0.368 e. The van der Waals surface area contributed by atoms with Crippen LogP contribution in [0.5, 0.6) is 0 Å². The molecule has 0 radical (unpaired) electrons. The summed E-state index contributed by atoms with van der Waals surface area (Å²) in [4.78, 5) is 38.4. The van der Waals surface area contributed by atoms with Crippen LogP contribution in [0.25, 0.3) is 17.0 Å². The first-order valence-electron chi connectivity index (χ1n) is 9.21. The summed E-state index contributed by atoms with van der Waals surface area (Å²) in [5.41, 5.74) is 8.74. The second kappa shape index (κ2) is 7.60. The number of aromatic nitrogens is 1. The van der Waals surface area contributed by atoms with Crippen molar-refractivity contribution < 1.29 is 14.4 Å². The van der Waals surface area contributed by atoms with Crippen molar-refractivity contribution in [1.29, 1.82) is 0 Å². The van der Waals surface area contributed by atoms with Gasteiger partial charge in [-0.25, -0.2) is 4.90 Å². The van der Waals surface area contributed by atoms with Gasteiger partial charge in [-0.05, 0) is 42.0 Å². The average molecular weight is 405 g/mol. The maximum atomic E-state index is 12.9. The molecule has 2 heterocycles. The third kappa shape index (κ3) is 3.45. The Balaban J connectivity index is 1.80. The summed E-state index contributed by atoms with van der Waals surface area (Å²) < 4.78 is 1.81. The molecule has 1 fully saturated rings. The molecule has 0 spiro atoms. The normalized spacial score (nSPS) is 15.6. The predicted molar refractivity (Wildman–Crippen MR) is 115 cm³/mol. The van der Waals surface area contributed by atoms with Crippen LogP contribution >= 0.6 is 11.8 Å². The number of benzene rings is 2. The van der Waals surface area contributed by atoms with Crippen LogP contribution in [0.1, 0.15) is 18.1 Å². The molecule has 1 aliphatic rings. The Hall–Kier alpha value is -3.32. The molecule has 1 saturated heterocycles. The molecule has 4 rings (SSSR count). The molecule has 0 atom stereocenters. The summed E-state index contributed by atoms with van der Waals surface area (Å²) in [6, 6.07) is 14.8. The molecule has 29 heavy (non-hydrogen) atoms. The Labute approximate surface area is 172 Å². The van der Waals surface area contributed by atoms with Crippen LogP contribution in [-0.4, -0.2) is 21.6 Å². The van der Waals surface area contributed by atoms with E-state index < -0.39 is 5.91 Å². The fourth-order valence-corrected chi connectivity index (χ4v) is 4.40. The molecule has 3 aromatic rings. The van der Waals surface area contributed by atoms with Crippen molar-refractivity contribution in [3.8, 4) is 0 Å². The Morgan fingerprint density at radius 1 is 1.10 bits per heavy atom. The van der Waals surface area contributed by atoms with E-state index in [-0.39, 0.29) is 17.7 Å². The molecular weight excluding hydrogens is 386 g/mol. The number of nitrogens with zero attached hydrogens (tertiary/aromatic N) is 2. The number of carbonyl (C=O) groups is 3. The fourth-order valence-electron chi connectivity index (χ4n) is 3.57. The van der Waals surface area contributed by atoms with Crippen molar-refractivity contribution in [1.82, 2.24) is 4.57 Å². The summed E-state index contributed by atoms with van der Waals surface area (Å²) in [5.74, 6) is -0.794. The van der Waals surface area contributed by atoms with E-state index in [0.717, 1.165) is 40.2 Å². The fraction of sp³-hybridized carbons (Fsp3) is 0.136. The Bertz CT molecular complexity index is 1160. The lowest BCUT2D eigenvalue weighted by Gasteiger charge is -2.11. The molecule has 2 aromatic carbocycles. The monoisotopic (exact) mass is 405 g/mol. The first kappa shape index (κ1) is 19.0. The zero-order chi connectivity index (χ0) is 20.5.